The molecule has 4 aromatic rings. The minimum atomic E-state index is 0.234. The molecule has 3 aromatic carbocycles. The second kappa shape index (κ2) is 9.54. The predicted octanol–water partition coefficient (Wildman–Crippen LogP) is 5.39. The molecule has 0 amide bonds. The van der Waals surface area contributed by atoms with Crippen LogP contribution in [0.25, 0.3) is 11.3 Å². The molecule has 0 aliphatic heterocycles. The number of aromatic nitrogens is 2. The maximum atomic E-state index is 10.4. The van der Waals surface area contributed by atoms with Crippen molar-refractivity contribution in [1.82, 2.24) is 15.3 Å². The number of aryl methyl sites for hydroxylation is 2. The molecule has 1 aromatic heterocycles. The zero-order chi connectivity index (χ0) is 21.6. The number of hydrogen-bond donors (Lipinski definition) is 2. The van der Waals surface area contributed by atoms with E-state index in [0.717, 1.165) is 34.8 Å². The minimum Gasteiger partial charge on any atom is -0.508 e. The summed E-state index contributed by atoms with van der Waals surface area (Å²) in [4.78, 5) is 9.06. The summed E-state index contributed by atoms with van der Waals surface area (Å²) < 4.78 is 0. The van der Waals surface area contributed by atoms with Gasteiger partial charge in [0.15, 0.2) is 0 Å². The van der Waals surface area contributed by atoms with Crippen LogP contribution >= 0.6 is 0 Å². The molecule has 0 fully saturated rings. The molecule has 0 aliphatic rings. The zero-order valence-corrected chi connectivity index (χ0v) is 17.9. The van der Waals surface area contributed by atoms with Crippen LogP contribution < -0.4 is 5.32 Å². The average Bonchev–Trinajstić information content (AvgIpc) is 2.81. The molecule has 0 saturated carbocycles. The molecule has 0 atom stereocenters. The van der Waals surface area contributed by atoms with Crippen molar-refractivity contribution in [3.05, 3.63) is 113 Å². The smallest absolute Gasteiger partial charge is 0.120 e. The molecule has 0 saturated heterocycles. The van der Waals surface area contributed by atoms with Crippen molar-refractivity contribution in [2.75, 3.05) is 6.54 Å². The third kappa shape index (κ3) is 4.98. The fourth-order valence-electron chi connectivity index (χ4n) is 3.84. The SMILES string of the molecule is Cc1cnc(C)c(-c2ccc(O)c(CNCC(c3ccccc3)c3ccccc3)c2)n1. The maximum absolute atomic E-state index is 10.4. The standard InChI is InChI=1S/C27H27N3O/c1-19-16-29-20(2)27(30-19)23-13-14-26(31)24(15-23)17-28-18-25(21-9-5-3-6-10-21)22-11-7-4-8-12-22/h3-16,25,28,31H,17-18H2,1-2H3. The molecule has 0 radical (unpaired) electrons. The summed E-state index contributed by atoms with van der Waals surface area (Å²) >= 11 is 0. The Bertz CT molecular complexity index is 1100. The number of aromatic hydroxyl groups is 1. The molecule has 0 unspecified atom stereocenters. The van der Waals surface area contributed by atoms with Crippen LogP contribution in [-0.4, -0.2) is 21.6 Å². The Morgan fingerprint density at radius 3 is 2.16 bits per heavy atom. The average molecular weight is 410 g/mol. The van der Waals surface area contributed by atoms with Gasteiger partial charge in [0, 0.05) is 36.3 Å². The molecule has 4 nitrogen and oxygen atoms in total. The van der Waals surface area contributed by atoms with E-state index in [1.807, 2.05) is 38.1 Å². The minimum absolute atomic E-state index is 0.234. The van der Waals surface area contributed by atoms with Crippen molar-refractivity contribution in [1.29, 1.82) is 0 Å². The third-order valence-electron chi connectivity index (χ3n) is 5.50. The number of rotatable bonds is 7. The second-order valence-corrected chi connectivity index (χ2v) is 7.79. The summed E-state index contributed by atoms with van der Waals surface area (Å²) in [7, 11) is 0. The van der Waals surface area contributed by atoms with Gasteiger partial charge in [0.2, 0.25) is 0 Å². The van der Waals surface area contributed by atoms with Crippen molar-refractivity contribution in [2.45, 2.75) is 26.3 Å². The predicted molar refractivity (Wildman–Crippen MR) is 125 cm³/mol. The molecule has 4 rings (SSSR count). The Kier molecular flexibility index (Phi) is 6.39. The molecule has 2 N–H and O–H groups in total. The molecule has 4 heteroatoms. The summed E-state index contributed by atoms with van der Waals surface area (Å²) in [5.74, 6) is 0.517. The molecule has 0 aliphatic carbocycles. The lowest BCUT2D eigenvalue weighted by atomic mass is 9.91. The lowest BCUT2D eigenvalue weighted by molar-refractivity contribution is 0.464. The van der Waals surface area contributed by atoms with Crippen LogP contribution in [-0.2, 0) is 6.54 Å². The molecule has 156 valence electrons. The Labute approximate surface area is 183 Å². The van der Waals surface area contributed by atoms with Crippen LogP contribution in [0.2, 0.25) is 0 Å². The Balaban J connectivity index is 1.53. The molecule has 1 heterocycles. The van der Waals surface area contributed by atoms with Gasteiger partial charge in [0.25, 0.3) is 0 Å². The first-order valence-electron chi connectivity index (χ1n) is 10.5. The van der Waals surface area contributed by atoms with Gasteiger partial charge in [-0.3, -0.25) is 4.98 Å². The first kappa shape index (κ1) is 20.8. The molecular weight excluding hydrogens is 382 g/mol. The van der Waals surface area contributed by atoms with Gasteiger partial charge < -0.3 is 10.4 Å². The number of phenols is 1. The fourth-order valence-corrected chi connectivity index (χ4v) is 3.84. The van der Waals surface area contributed by atoms with E-state index in [4.69, 9.17) is 0 Å². The van der Waals surface area contributed by atoms with Gasteiger partial charge >= 0.3 is 0 Å². The maximum Gasteiger partial charge on any atom is 0.120 e. The van der Waals surface area contributed by atoms with E-state index in [1.54, 1.807) is 12.3 Å². The van der Waals surface area contributed by atoms with Crippen LogP contribution in [0.3, 0.4) is 0 Å². The molecular formula is C27H27N3O. The summed E-state index contributed by atoms with van der Waals surface area (Å²) in [6, 6.07) is 26.7. The van der Waals surface area contributed by atoms with Gasteiger partial charge in [-0.15, -0.1) is 0 Å². The Hall–Kier alpha value is -3.50. The monoisotopic (exact) mass is 409 g/mol. The largest absolute Gasteiger partial charge is 0.508 e. The molecule has 0 bridgehead atoms. The van der Waals surface area contributed by atoms with Crippen LogP contribution in [0.5, 0.6) is 5.75 Å². The zero-order valence-electron chi connectivity index (χ0n) is 17.9. The van der Waals surface area contributed by atoms with Crippen molar-refractivity contribution >= 4 is 0 Å². The summed E-state index contributed by atoms with van der Waals surface area (Å²) in [6.07, 6.45) is 1.77. The van der Waals surface area contributed by atoms with E-state index in [2.05, 4.69) is 63.8 Å². The van der Waals surface area contributed by atoms with Crippen molar-refractivity contribution in [2.24, 2.45) is 0 Å². The highest BCUT2D eigenvalue weighted by Gasteiger charge is 2.14. The number of nitrogens with one attached hydrogen (secondary N) is 1. The quantitative estimate of drug-likeness (QED) is 0.430. The number of benzene rings is 3. The summed E-state index contributed by atoms with van der Waals surface area (Å²) in [6.45, 7) is 5.22. The number of nitrogens with zero attached hydrogens (tertiary/aromatic N) is 2. The van der Waals surface area contributed by atoms with Crippen LogP contribution in [0.4, 0.5) is 0 Å². The van der Waals surface area contributed by atoms with Gasteiger partial charge in [-0.05, 0) is 43.2 Å². The lowest BCUT2D eigenvalue weighted by Crippen LogP contribution is -2.22. The van der Waals surface area contributed by atoms with Crippen molar-refractivity contribution < 1.29 is 5.11 Å². The molecule has 0 spiro atoms. The van der Waals surface area contributed by atoms with Crippen molar-refractivity contribution in [3.63, 3.8) is 0 Å². The van der Waals surface area contributed by atoms with Gasteiger partial charge in [-0.1, -0.05) is 60.7 Å². The summed E-state index contributed by atoms with van der Waals surface area (Å²) in [5, 5.41) is 14.0. The van der Waals surface area contributed by atoms with Gasteiger partial charge in [-0.2, -0.15) is 0 Å². The van der Waals surface area contributed by atoms with E-state index < -0.39 is 0 Å². The van der Waals surface area contributed by atoms with Gasteiger partial charge in [-0.25, -0.2) is 4.98 Å². The van der Waals surface area contributed by atoms with Crippen LogP contribution in [0.1, 0.15) is 34.0 Å². The van der Waals surface area contributed by atoms with Gasteiger partial charge in [0.05, 0.1) is 17.1 Å². The highest BCUT2D eigenvalue weighted by molar-refractivity contribution is 5.64. The topological polar surface area (TPSA) is 58.0 Å². The van der Waals surface area contributed by atoms with E-state index in [9.17, 15) is 5.11 Å². The summed E-state index contributed by atoms with van der Waals surface area (Å²) in [5.41, 5.74) is 6.96. The number of phenolic OH excluding ortho intramolecular Hbond substituents is 1. The lowest BCUT2D eigenvalue weighted by Gasteiger charge is -2.19. The first-order valence-corrected chi connectivity index (χ1v) is 10.5. The van der Waals surface area contributed by atoms with Gasteiger partial charge in [0.1, 0.15) is 5.75 Å². The highest BCUT2D eigenvalue weighted by atomic mass is 16.3. The van der Waals surface area contributed by atoms with E-state index in [0.29, 0.717) is 6.54 Å². The van der Waals surface area contributed by atoms with Crippen LogP contribution in [0, 0.1) is 13.8 Å². The van der Waals surface area contributed by atoms with Crippen LogP contribution in [0.15, 0.2) is 85.1 Å². The number of hydrogen-bond acceptors (Lipinski definition) is 4. The highest BCUT2D eigenvalue weighted by Crippen LogP contribution is 2.27. The van der Waals surface area contributed by atoms with Crippen molar-refractivity contribution in [3.8, 4) is 17.0 Å². The Morgan fingerprint density at radius 1 is 0.871 bits per heavy atom. The molecule has 31 heavy (non-hydrogen) atoms. The second-order valence-electron chi connectivity index (χ2n) is 7.79. The van der Waals surface area contributed by atoms with E-state index in [1.165, 1.54) is 11.1 Å². The fraction of sp³-hybridized carbons (Fsp3) is 0.185. The third-order valence-corrected chi connectivity index (χ3v) is 5.50. The van der Waals surface area contributed by atoms with E-state index >= 15 is 0 Å². The van der Waals surface area contributed by atoms with E-state index in [-0.39, 0.29) is 11.7 Å². The first-order chi connectivity index (χ1) is 15.1. The Morgan fingerprint density at radius 2 is 1.52 bits per heavy atom. The normalized spacial score (nSPS) is 11.1.